The van der Waals surface area contributed by atoms with Gasteiger partial charge in [0.1, 0.15) is 5.65 Å². The lowest BCUT2D eigenvalue weighted by Gasteiger charge is -2.35. The number of ether oxygens (including phenoxy) is 2. The summed E-state index contributed by atoms with van der Waals surface area (Å²) in [6, 6.07) is 16.8. The molecule has 1 saturated heterocycles. The zero-order valence-corrected chi connectivity index (χ0v) is 19.6. The first kappa shape index (κ1) is 22.3. The number of nitrogens with zero attached hydrogens (tertiary/aromatic N) is 3. The summed E-state index contributed by atoms with van der Waals surface area (Å²) < 4.78 is 10.9. The number of nitrogens with one attached hydrogen (secondary N) is 1. The number of hydrogen-bond donors (Lipinski definition) is 2. The number of aliphatic hydroxyl groups is 1. The van der Waals surface area contributed by atoms with Crippen molar-refractivity contribution in [2.75, 3.05) is 58.5 Å². The van der Waals surface area contributed by atoms with Gasteiger partial charge in [-0.3, -0.25) is 4.90 Å². The molecule has 0 bridgehead atoms. The fraction of sp³-hybridized carbons (Fsp3) is 0.296. The maximum Gasteiger partial charge on any atom is 0.161 e. The highest BCUT2D eigenvalue weighted by atomic mass is 16.5. The summed E-state index contributed by atoms with van der Waals surface area (Å²) in [7, 11) is 3.29. The molecule has 0 saturated carbocycles. The number of benzene rings is 2. The van der Waals surface area contributed by atoms with E-state index in [4.69, 9.17) is 14.6 Å². The predicted molar refractivity (Wildman–Crippen MR) is 136 cm³/mol. The Balaban J connectivity index is 1.40. The zero-order chi connectivity index (χ0) is 23.5. The van der Waals surface area contributed by atoms with E-state index < -0.39 is 0 Å². The number of aromatic amines is 1. The molecule has 0 atom stereocenters. The molecule has 2 aromatic carbocycles. The van der Waals surface area contributed by atoms with Crippen molar-refractivity contribution in [1.29, 1.82) is 0 Å². The average Bonchev–Trinajstić information content (AvgIpc) is 3.32. The van der Waals surface area contributed by atoms with Crippen LogP contribution in [-0.2, 0) is 0 Å². The van der Waals surface area contributed by atoms with Crippen LogP contribution >= 0.6 is 0 Å². The number of piperazine rings is 1. The molecule has 7 nitrogen and oxygen atoms in total. The largest absolute Gasteiger partial charge is 0.493 e. The summed E-state index contributed by atoms with van der Waals surface area (Å²) >= 11 is 0. The lowest BCUT2D eigenvalue weighted by molar-refractivity contribution is 0.189. The van der Waals surface area contributed by atoms with Crippen LogP contribution in [0.4, 0.5) is 5.69 Å². The number of hydrogen-bond acceptors (Lipinski definition) is 6. The van der Waals surface area contributed by atoms with Gasteiger partial charge in [0.15, 0.2) is 11.5 Å². The summed E-state index contributed by atoms with van der Waals surface area (Å²) in [6.07, 6.45) is 3.90. The van der Waals surface area contributed by atoms with Crippen LogP contribution in [0, 0.1) is 0 Å². The first-order chi connectivity index (χ1) is 16.7. The summed E-state index contributed by atoms with van der Waals surface area (Å²) in [5.41, 5.74) is 6.41. The van der Waals surface area contributed by atoms with Gasteiger partial charge in [0, 0.05) is 67.3 Å². The van der Waals surface area contributed by atoms with Crippen LogP contribution in [0.25, 0.3) is 33.3 Å². The van der Waals surface area contributed by atoms with E-state index in [1.807, 2.05) is 30.6 Å². The standard InChI is InChI=1S/C27H30N4O3/c1-33-25-8-5-20(16-26(25)34-2)24-18-29-27-23(24)15-21(17-28-27)19-3-6-22(7-4-19)31-11-9-30(10-12-31)13-14-32/h3-8,15-18,32H,9-14H2,1-2H3,(H,28,29). The SMILES string of the molecule is COc1ccc(-c2c[nH]c3ncc(-c4ccc(N5CCN(CCO)CC5)cc4)cc23)cc1OC. The maximum absolute atomic E-state index is 9.15. The van der Waals surface area contributed by atoms with Crippen molar-refractivity contribution in [2.45, 2.75) is 0 Å². The number of pyridine rings is 1. The molecule has 1 aliphatic heterocycles. The minimum absolute atomic E-state index is 0.224. The van der Waals surface area contributed by atoms with E-state index in [1.165, 1.54) is 5.69 Å². The van der Waals surface area contributed by atoms with Gasteiger partial charge in [0.25, 0.3) is 0 Å². The molecule has 2 aromatic heterocycles. The van der Waals surface area contributed by atoms with Gasteiger partial charge in [-0.05, 0) is 41.5 Å². The molecule has 0 radical (unpaired) electrons. The number of methoxy groups -OCH3 is 2. The zero-order valence-electron chi connectivity index (χ0n) is 19.6. The number of anilines is 1. The number of H-pyrrole nitrogens is 1. The van der Waals surface area contributed by atoms with Gasteiger partial charge in [-0.2, -0.15) is 0 Å². The Morgan fingerprint density at radius 1 is 0.882 bits per heavy atom. The Labute approximate surface area is 199 Å². The van der Waals surface area contributed by atoms with Gasteiger partial charge < -0.3 is 24.5 Å². The van der Waals surface area contributed by atoms with E-state index in [9.17, 15) is 0 Å². The van der Waals surface area contributed by atoms with E-state index in [0.717, 1.165) is 66.0 Å². The fourth-order valence-electron chi connectivity index (χ4n) is 4.64. The highest BCUT2D eigenvalue weighted by Crippen LogP contribution is 2.36. The van der Waals surface area contributed by atoms with Crippen LogP contribution in [0.2, 0.25) is 0 Å². The molecule has 34 heavy (non-hydrogen) atoms. The quantitative estimate of drug-likeness (QED) is 0.436. The predicted octanol–water partition coefficient (Wildman–Crippen LogP) is 4.03. The molecule has 2 N–H and O–H groups in total. The molecule has 1 aliphatic rings. The summed E-state index contributed by atoms with van der Waals surface area (Å²) in [4.78, 5) is 12.7. The van der Waals surface area contributed by atoms with Crippen LogP contribution in [0.15, 0.2) is 60.9 Å². The van der Waals surface area contributed by atoms with Crippen molar-refractivity contribution < 1.29 is 14.6 Å². The van der Waals surface area contributed by atoms with Gasteiger partial charge in [-0.25, -0.2) is 4.98 Å². The number of aliphatic hydroxyl groups excluding tert-OH is 1. The summed E-state index contributed by atoms with van der Waals surface area (Å²) in [5.74, 6) is 1.41. The van der Waals surface area contributed by atoms with Gasteiger partial charge in [0.2, 0.25) is 0 Å². The monoisotopic (exact) mass is 458 g/mol. The highest BCUT2D eigenvalue weighted by Gasteiger charge is 2.17. The van der Waals surface area contributed by atoms with Crippen molar-refractivity contribution in [1.82, 2.24) is 14.9 Å². The Kier molecular flexibility index (Phi) is 6.38. The van der Waals surface area contributed by atoms with Crippen LogP contribution in [0.3, 0.4) is 0 Å². The second-order valence-electron chi connectivity index (χ2n) is 8.49. The first-order valence-electron chi connectivity index (χ1n) is 11.6. The second kappa shape index (κ2) is 9.75. The van der Waals surface area contributed by atoms with Gasteiger partial charge in [-0.15, -0.1) is 0 Å². The van der Waals surface area contributed by atoms with E-state index >= 15 is 0 Å². The van der Waals surface area contributed by atoms with Gasteiger partial charge >= 0.3 is 0 Å². The number of aromatic nitrogens is 2. The third-order valence-corrected chi connectivity index (χ3v) is 6.58. The molecule has 176 valence electrons. The van der Waals surface area contributed by atoms with Crippen molar-refractivity contribution in [3.8, 4) is 33.8 Å². The van der Waals surface area contributed by atoms with Crippen LogP contribution in [0.1, 0.15) is 0 Å². The summed E-state index contributed by atoms with van der Waals surface area (Å²) in [6.45, 7) is 4.90. The van der Waals surface area contributed by atoms with Crippen molar-refractivity contribution in [2.24, 2.45) is 0 Å². The number of rotatable bonds is 7. The lowest BCUT2D eigenvalue weighted by Crippen LogP contribution is -2.47. The van der Waals surface area contributed by atoms with Crippen molar-refractivity contribution in [3.63, 3.8) is 0 Å². The molecule has 5 rings (SSSR count). The number of fused-ring (bicyclic) bond motifs is 1. The Hall–Kier alpha value is -3.55. The van der Waals surface area contributed by atoms with E-state index in [1.54, 1.807) is 14.2 Å². The van der Waals surface area contributed by atoms with Gasteiger partial charge in [-0.1, -0.05) is 18.2 Å². The molecule has 3 heterocycles. The maximum atomic E-state index is 9.15. The van der Waals surface area contributed by atoms with Crippen LogP contribution < -0.4 is 14.4 Å². The molecule has 0 spiro atoms. The van der Waals surface area contributed by atoms with Crippen molar-refractivity contribution >= 4 is 16.7 Å². The number of β-amino-alcohol motifs (C(OH)–C–C–N with tert-alkyl or cyclic N) is 1. The van der Waals surface area contributed by atoms with E-state index in [0.29, 0.717) is 11.5 Å². The Morgan fingerprint density at radius 3 is 2.32 bits per heavy atom. The summed E-state index contributed by atoms with van der Waals surface area (Å²) in [5, 5.41) is 10.2. The molecule has 0 aliphatic carbocycles. The normalized spacial score (nSPS) is 14.5. The second-order valence-corrected chi connectivity index (χ2v) is 8.49. The minimum atomic E-state index is 0.224. The molecule has 1 fully saturated rings. The molecule has 0 unspecified atom stereocenters. The molecular weight excluding hydrogens is 428 g/mol. The molecule has 7 heteroatoms. The molecule has 4 aromatic rings. The smallest absolute Gasteiger partial charge is 0.161 e. The third-order valence-electron chi connectivity index (χ3n) is 6.58. The average molecular weight is 459 g/mol. The third kappa shape index (κ3) is 4.32. The van der Waals surface area contributed by atoms with Gasteiger partial charge in [0.05, 0.1) is 20.8 Å². The first-order valence-corrected chi connectivity index (χ1v) is 11.6. The fourth-order valence-corrected chi connectivity index (χ4v) is 4.64. The molecular formula is C27H30N4O3. The van der Waals surface area contributed by atoms with Crippen molar-refractivity contribution in [3.05, 3.63) is 60.9 Å². The highest BCUT2D eigenvalue weighted by molar-refractivity contribution is 5.96. The topological polar surface area (TPSA) is 73.9 Å². The van der Waals surface area contributed by atoms with E-state index in [-0.39, 0.29) is 6.61 Å². The van der Waals surface area contributed by atoms with Crippen LogP contribution in [-0.4, -0.2) is 73.5 Å². The Morgan fingerprint density at radius 2 is 1.62 bits per heavy atom. The van der Waals surface area contributed by atoms with Crippen LogP contribution in [0.5, 0.6) is 11.5 Å². The minimum Gasteiger partial charge on any atom is -0.493 e. The van der Waals surface area contributed by atoms with E-state index in [2.05, 4.69) is 50.1 Å². The Bertz CT molecular complexity index is 1260. The lowest BCUT2D eigenvalue weighted by atomic mass is 10.0. The molecule has 0 amide bonds.